The number of ketones is 1. The first kappa shape index (κ1) is 25.0. The van der Waals surface area contributed by atoms with E-state index in [4.69, 9.17) is 20.4 Å². The fraction of sp³-hybridized carbons (Fsp3) is 0.533. The minimum absolute atomic E-state index is 0.0794. The van der Waals surface area contributed by atoms with E-state index >= 15 is 0 Å². The molecule has 9 nitrogen and oxygen atoms in total. The number of thioether (sulfide) groups is 1. The van der Waals surface area contributed by atoms with Gasteiger partial charge in [0.2, 0.25) is 11.0 Å². The molecule has 0 bridgehead atoms. The van der Waals surface area contributed by atoms with Crippen LogP contribution in [0.2, 0.25) is 0 Å². The Morgan fingerprint density at radius 2 is 1.80 bits per heavy atom. The number of carboxylic acids is 1. The highest BCUT2D eigenvalue weighted by Gasteiger charge is 2.22. The average Bonchev–Trinajstić information content (AvgIpc) is 2.55. The number of nitrogens with two attached hydrogens (primary N) is 1. The monoisotopic (exact) mass is 374 g/mol. The highest BCUT2D eigenvalue weighted by molar-refractivity contribution is 8.14. The third-order valence-corrected chi connectivity index (χ3v) is 3.53. The van der Waals surface area contributed by atoms with Gasteiger partial charge in [0, 0.05) is 18.6 Å². The van der Waals surface area contributed by atoms with Gasteiger partial charge in [-0.2, -0.15) is 9.59 Å². The van der Waals surface area contributed by atoms with Crippen LogP contribution in [0.3, 0.4) is 0 Å². The van der Waals surface area contributed by atoms with Gasteiger partial charge in [-0.1, -0.05) is 17.8 Å². The molecule has 0 aliphatic rings. The third-order valence-electron chi connectivity index (χ3n) is 2.61. The number of hydrogen-bond acceptors (Lipinski definition) is 8. The van der Waals surface area contributed by atoms with Crippen molar-refractivity contribution in [1.82, 2.24) is 5.32 Å². The van der Waals surface area contributed by atoms with Crippen LogP contribution in [0, 0.1) is 0 Å². The largest absolute Gasteiger partial charge is 0.481 e. The Bertz CT molecular complexity index is 514. The van der Waals surface area contributed by atoms with Gasteiger partial charge in [0.1, 0.15) is 0 Å². The van der Waals surface area contributed by atoms with Crippen LogP contribution in [-0.2, 0) is 28.8 Å². The number of rotatable bonds is 11. The van der Waals surface area contributed by atoms with Gasteiger partial charge in [-0.25, -0.2) is 0 Å². The van der Waals surface area contributed by atoms with Crippen LogP contribution >= 0.6 is 11.8 Å². The predicted molar refractivity (Wildman–Crippen MR) is 89.4 cm³/mol. The number of nitrogens with one attached hydrogen (secondary N) is 1. The van der Waals surface area contributed by atoms with Gasteiger partial charge < -0.3 is 16.2 Å². The highest BCUT2D eigenvalue weighted by atomic mass is 32.2. The zero-order valence-corrected chi connectivity index (χ0v) is 14.7. The zero-order valence-electron chi connectivity index (χ0n) is 13.9. The third kappa shape index (κ3) is 16.4. The molecule has 0 aliphatic carbocycles. The lowest BCUT2D eigenvalue weighted by Crippen LogP contribution is -2.43. The van der Waals surface area contributed by atoms with Gasteiger partial charge in [-0.3, -0.25) is 19.2 Å². The van der Waals surface area contributed by atoms with Gasteiger partial charge >= 0.3 is 12.1 Å². The molecule has 0 aromatic carbocycles. The van der Waals surface area contributed by atoms with Crippen LogP contribution in [-0.4, -0.2) is 52.4 Å². The number of amides is 1. The first-order valence-electron chi connectivity index (χ1n) is 7.35. The Morgan fingerprint density at radius 3 is 2.28 bits per heavy atom. The van der Waals surface area contributed by atoms with E-state index in [1.54, 1.807) is 13.0 Å². The van der Waals surface area contributed by atoms with E-state index in [1.165, 1.54) is 6.08 Å². The summed E-state index contributed by atoms with van der Waals surface area (Å²) < 4.78 is 0. The molecule has 0 unspecified atom stereocenters. The van der Waals surface area contributed by atoms with Crippen molar-refractivity contribution < 1.29 is 33.9 Å². The van der Waals surface area contributed by atoms with Crippen LogP contribution < -0.4 is 11.1 Å². The van der Waals surface area contributed by atoms with Gasteiger partial charge in [0.05, 0.1) is 12.5 Å². The number of carbonyl (C=O) groups excluding carboxylic acids is 5. The average molecular weight is 374 g/mol. The van der Waals surface area contributed by atoms with Crippen LogP contribution in [0.4, 0.5) is 0 Å². The van der Waals surface area contributed by atoms with Crippen molar-refractivity contribution in [3.05, 3.63) is 12.2 Å². The molecular weight excluding hydrogens is 352 g/mol. The van der Waals surface area contributed by atoms with Crippen LogP contribution in [0.1, 0.15) is 32.6 Å². The molecule has 25 heavy (non-hydrogen) atoms. The van der Waals surface area contributed by atoms with Crippen LogP contribution in [0.25, 0.3) is 0 Å². The smallest absolute Gasteiger partial charge is 0.373 e. The summed E-state index contributed by atoms with van der Waals surface area (Å²) in [5.74, 6) is -1.74. The summed E-state index contributed by atoms with van der Waals surface area (Å²) in [4.78, 5) is 61.9. The zero-order chi connectivity index (χ0) is 19.7. The predicted octanol–water partition coefficient (Wildman–Crippen LogP) is -0.104. The fourth-order valence-corrected chi connectivity index (χ4v) is 2.33. The van der Waals surface area contributed by atoms with Crippen molar-refractivity contribution in [3.8, 4) is 0 Å². The van der Waals surface area contributed by atoms with E-state index in [9.17, 15) is 19.2 Å². The number of Topliss-reactive ketones (excluding diaryl/α,β-unsaturated/α-hetero) is 1. The number of aliphatic carboxylic acids is 1. The second-order valence-electron chi connectivity index (χ2n) is 4.59. The molecule has 0 aromatic rings. The summed E-state index contributed by atoms with van der Waals surface area (Å²) in [6.07, 6.45) is 3.38. The van der Waals surface area contributed by atoms with E-state index in [0.717, 1.165) is 11.8 Å². The van der Waals surface area contributed by atoms with Crippen molar-refractivity contribution in [2.24, 2.45) is 5.73 Å². The number of carboxylic acid groups (broad SMARTS) is 1. The first-order valence-corrected chi connectivity index (χ1v) is 8.33. The van der Waals surface area contributed by atoms with E-state index < -0.39 is 17.8 Å². The summed E-state index contributed by atoms with van der Waals surface area (Å²) >= 11 is 0.904. The molecular formula is C15H22N2O7S. The minimum atomic E-state index is -1.08. The number of hydrogen-bond donors (Lipinski definition) is 3. The van der Waals surface area contributed by atoms with Gasteiger partial charge in [0.25, 0.3) is 0 Å². The van der Waals surface area contributed by atoms with Gasteiger partial charge in [-0.15, -0.1) is 0 Å². The maximum Gasteiger partial charge on any atom is 0.373 e. The van der Waals surface area contributed by atoms with Gasteiger partial charge in [0.15, 0.2) is 5.78 Å². The lowest BCUT2D eigenvalue weighted by atomic mass is 10.1. The van der Waals surface area contributed by atoms with E-state index in [-0.39, 0.29) is 42.2 Å². The molecule has 1 atom stereocenters. The van der Waals surface area contributed by atoms with Crippen molar-refractivity contribution in [2.75, 3.05) is 12.3 Å². The lowest BCUT2D eigenvalue weighted by molar-refractivity contribution is -0.191. The molecule has 0 aliphatic heterocycles. The van der Waals surface area contributed by atoms with Crippen molar-refractivity contribution >= 4 is 40.7 Å². The van der Waals surface area contributed by atoms with Gasteiger partial charge in [-0.05, 0) is 26.0 Å². The van der Waals surface area contributed by atoms with Crippen LogP contribution in [0.5, 0.6) is 0 Å². The molecule has 0 heterocycles. The summed E-state index contributed by atoms with van der Waals surface area (Å²) in [7, 11) is 0. The van der Waals surface area contributed by atoms with Crippen molar-refractivity contribution in [1.29, 1.82) is 0 Å². The molecule has 4 N–H and O–H groups in total. The van der Waals surface area contributed by atoms with E-state index in [0.29, 0.717) is 13.0 Å². The topological polar surface area (TPSA) is 161 Å². The molecule has 0 aromatic heterocycles. The fourth-order valence-electron chi connectivity index (χ4n) is 1.50. The van der Waals surface area contributed by atoms with Crippen LogP contribution in [0.15, 0.2) is 12.2 Å². The molecule has 0 saturated heterocycles. The standard InChI is InChI=1S/C14H22N2O5S.CO2/c1-2-4-14(21)22-9-10(11(17)6-7-13(19)20)16-12(18)5-3-8-15;2-1-3/h2,4,10H,3,5-9,15H2,1H3,(H,16,18)(H,19,20);/t10-;/m1./s1. The molecule has 0 radical (unpaired) electrons. The normalized spacial score (nSPS) is 11.0. The highest BCUT2D eigenvalue weighted by Crippen LogP contribution is 2.09. The summed E-state index contributed by atoms with van der Waals surface area (Å²) in [6, 6.07) is -0.871. The minimum Gasteiger partial charge on any atom is -0.481 e. The molecule has 0 spiro atoms. The summed E-state index contributed by atoms with van der Waals surface area (Å²) in [6.45, 7) is 2.06. The Labute approximate surface area is 149 Å². The maximum absolute atomic E-state index is 12.0. The van der Waals surface area contributed by atoms with Crippen molar-refractivity contribution in [3.63, 3.8) is 0 Å². The quantitative estimate of drug-likeness (QED) is 0.419. The van der Waals surface area contributed by atoms with E-state index in [1.807, 2.05) is 0 Å². The van der Waals surface area contributed by atoms with Crippen molar-refractivity contribution in [2.45, 2.75) is 38.6 Å². The molecule has 10 heteroatoms. The second kappa shape index (κ2) is 16.6. The van der Waals surface area contributed by atoms with E-state index in [2.05, 4.69) is 5.32 Å². The Morgan fingerprint density at radius 1 is 1.20 bits per heavy atom. The summed E-state index contributed by atoms with van der Waals surface area (Å²) in [5, 5.41) is 10.9. The molecule has 1 amide bonds. The first-order chi connectivity index (χ1) is 11.8. The molecule has 140 valence electrons. The maximum atomic E-state index is 12.0. The summed E-state index contributed by atoms with van der Waals surface area (Å²) in [5.41, 5.74) is 5.31. The molecule has 0 saturated carbocycles. The Balaban J connectivity index is 0. The molecule has 0 fully saturated rings. The SMILES string of the molecule is CC=CC(=O)SC[C@@H](NC(=O)CCCN)C(=O)CCC(=O)O.O=C=O. The molecule has 0 rings (SSSR count). The second-order valence-corrected chi connectivity index (χ2v) is 5.61. The Kier molecular flexibility index (Phi) is 16.5. The lowest BCUT2D eigenvalue weighted by Gasteiger charge is -2.16. The Hall–Kier alpha value is -2.29. The number of carbonyl (C=O) groups is 4. The number of allylic oxidation sites excluding steroid dienone is 1.